The summed E-state index contributed by atoms with van der Waals surface area (Å²) < 4.78 is 15.6. The molecule has 0 saturated carbocycles. The Labute approximate surface area is 148 Å². The molecule has 8 heteroatoms. The van der Waals surface area contributed by atoms with Gasteiger partial charge in [0, 0.05) is 13.2 Å². The average Bonchev–Trinajstić information content (AvgIpc) is 3.00. The fraction of sp³-hybridized carbons (Fsp3) is 0.176. The molecule has 2 heterocycles. The maximum absolute atomic E-state index is 13.9. The highest BCUT2D eigenvalue weighted by Crippen LogP contribution is 2.24. The van der Waals surface area contributed by atoms with Crippen molar-refractivity contribution in [2.45, 2.75) is 11.7 Å². The molecule has 3 rings (SSSR count). The van der Waals surface area contributed by atoms with Gasteiger partial charge in [0.2, 0.25) is 5.91 Å². The van der Waals surface area contributed by atoms with Crippen LogP contribution in [0.1, 0.15) is 5.69 Å². The largest absolute Gasteiger partial charge is 0.350 e. The summed E-state index contributed by atoms with van der Waals surface area (Å²) in [6, 6.07) is 11.9. The zero-order valence-corrected chi connectivity index (χ0v) is 14.3. The topological polar surface area (TPSA) is 72.7 Å². The lowest BCUT2D eigenvalue weighted by molar-refractivity contribution is -0.118. The van der Waals surface area contributed by atoms with E-state index < -0.39 is 0 Å². The molecule has 0 radical (unpaired) electrons. The van der Waals surface area contributed by atoms with Crippen LogP contribution in [0.25, 0.3) is 11.4 Å². The minimum atomic E-state index is -0.359. The van der Waals surface area contributed by atoms with Crippen LogP contribution in [0.3, 0.4) is 0 Å². The van der Waals surface area contributed by atoms with Gasteiger partial charge in [0.15, 0.2) is 11.0 Å². The maximum atomic E-state index is 13.9. The van der Waals surface area contributed by atoms with Crippen molar-refractivity contribution in [2.75, 3.05) is 5.75 Å². The van der Waals surface area contributed by atoms with Gasteiger partial charge < -0.3 is 9.88 Å². The molecule has 128 valence electrons. The highest BCUT2D eigenvalue weighted by Gasteiger charge is 2.15. The second kappa shape index (κ2) is 7.89. The Bertz CT molecular complexity index is 868. The molecular weight excluding hydrogens is 341 g/mol. The fourth-order valence-corrected chi connectivity index (χ4v) is 2.93. The number of aromatic nitrogens is 4. The predicted octanol–water partition coefficient (Wildman–Crippen LogP) is 2.42. The van der Waals surface area contributed by atoms with Gasteiger partial charge in [0.25, 0.3) is 0 Å². The third-order valence-electron chi connectivity index (χ3n) is 3.47. The molecule has 6 nitrogen and oxygen atoms in total. The van der Waals surface area contributed by atoms with Crippen LogP contribution >= 0.6 is 11.8 Å². The summed E-state index contributed by atoms with van der Waals surface area (Å²) in [5.41, 5.74) is 1.17. The molecule has 0 aliphatic carbocycles. The van der Waals surface area contributed by atoms with Crippen LogP contribution in [-0.2, 0) is 18.4 Å². The number of nitrogens with zero attached hydrogens (tertiary/aromatic N) is 4. The third kappa shape index (κ3) is 4.21. The fourth-order valence-electron chi connectivity index (χ4n) is 2.19. The quantitative estimate of drug-likeness (QED) is 0.686. The first-order chi connectivity index (χ1) is 12.1. The summed E-state index contributed by atoms with van der Waals surface area (Å²) in [5.74, 6) is 0.124. The molecule has 0 fully saturated rings. The number of pyridine rings is 1. The van der Waals surface area contributed by atoms with Crippen molar-refractivity contribution < 1.29 is 9.18 Å². The van der Waals surface area contributed by atoms with Crippen molar-refractivity contribution in [1.29, 1.82) is 0 Å². The molecule has 0 atom stereocenters. The summed E-state index contributed by atoms with van der Waals surface area (Å²) in [7, 11) is 1.75. The minimum Gasteiger partial charge on any atom is -0.350 e. The summed E-state index contributed by atoms with van der Waals surface area (Å²) in [6.07, 6.45) is 1.68. The predicted molar refractivity (Wildman–Crippen MR) is 93.2 cm³/mol. The number of amides is 1. The van der Waals surface area contributed by atoms with Gasteiger partial charge in [-0.1, -0.05) is 30.0 Å². The first-order valence-electron chi connectivity index (χ1n) is 7.59. The second-order valence-electron chi connectivity index (χ2n) is 5.23. The molecule has 0 saturated heterocycles. The highest BCUT2D eigenvalue weighted by molar-refractivity contribution is 7.99. The van der Waals surface area contributed by atoms with Crippen LogP contribution in [0.5, 0.6) is 0 Å². The van der Waals surface area contributed by atoms with Crippen LogP contribution in [0.15, 0.2) is 53.8 Å². The zero-order valence-electron chi connectivity index (χ0n) is 13.5. The molecule has 3 aromatic rings. The molecule has 0 spiro atoms. The molecule has 0 bridgehead atoms. The lowest BCUT2D eigenvalue weighted by Gasteiger charge is -2.06. The van der Waals surface area contributed by atoms with E-state index in [1.54, 1.807) is 36.0 Å². The Balaban J connectivity index is 1.59. The Hall–Kier alpha value is -2.74. The molecule has 25 heavy (non-hydrogen) atoms. The second-order valence-corrected chi connectivity index (χ2v) is 6.17. The minimum absolute atomic E-state index is 0.133. The SMILES string of the molecule is Cn1c(SCC(=O)NCc2ccccn2)nnc1-c1ccccc1F. The van der Waals surface area contributed by atoms with Gasteiger partial charge in [-0.2, -0.15) is 0 Å². The average molecular weight is 357 g/mol. The summed E-state index contributed by atoms with van der Waals surface area (Å²) >= 11 is 1.25. The number of carbonyl (C=O) groups is 1. The highest BCUT2D eigenvalue weighted by atomic mass is 32.2. The van der Waals surface area contributed by atoms with Crippen molar-refractivity contribution in [3.8, 4) is 11.4 Å². The molecule has 0 unspecified atom stereocenters. The van der Waals surface area contributed by atoms with Crippen LogP contribution in [0, 0.1) is 5.82 Å². The first-order valence-corrected chi connectivity index (χ1v) is 8.57. The molecule has 0 aliphatic heterocycles. The number of hydrogen-bond acceptors (Lipinski definition) is 5. The summed E-state index contributed by atoms with van der Waals surface area (Å²) in [4.78, 5) is 16.1. The van der Waals surface area contributed by atoms with E-state index in [1.165, 1.54) is 17.8 Å². The number of thioether (sulfide) groups is 1. The van der Waals surface area contributed by atoms with E-state index in [-0.39, 0.29) is 17.5 Å². The Morgan fingerprint density at radius 3 is 2.76 bits per heavy atom. The van der Waals surface area contributed by atoms with Crippen molar-refractivity contribution in [3.63, 3.8) is 0 Å². The molecule has 1 N–H and O–H groups in total. The van der Waals surface area contributed by atoms with Gasteiger partial charge in [-0.15, -0.1) is 10.2 Å². The van der Waals surface area contributed by atoms with E-state index in [1.807, 2.05) is 18.2 Å². The molecular formula is C17H16FN5OS. The summed E-state index contributed by atoms with van der Waals surface area (Å²) in [5, 5.41) is 11.4. The number of halogens is 1. The van der Waals surface area contributed by atoms with E-state index >= 15 is 0 Å². The van der Waals surface area contributed by atoms with E-state index in [9.17, 15) is 9.18 Å². The Kier molecular flexibility index (Phi) is 5.39. The van der Waals surface area contributed by atoms with Crippen LogP contribution in [-0.4, -0.2) is 31.4 Å². The van der Waals surface area contributed by atoms with Crippen molar-refractivity contribution in [1.82, 2.24) is 25.1 Å². The van der Waals surface area contributed by atoms with Crippen LogP contribution in [0.4, 0.5) is 4.39 Å². The maximum Gasteiger partial charge on any atom is 0.230 e. The lowest BCUT2D eigenvalue weighted by Crippen LogP contribution is -2.25. The number of rotatable bonds is 6. The van der Waals surface area contributed by atoms with Crippen LogP contribution < -0.4 is 5.32 Å². The zero-order chi connectivity index (χ0) is 17.6. The van der Waals surface area contributed by atoms with Gasteiger partial charge in [0.1, 0.15) is 5.82 Å². The normalized spacial score (nSPS) is 10.6. The Morgan fingerprint density at radius 1 is 1.20 bits per heavy atom. The van der Waals surface area contributed by atoms with Crippen LogP contribution in [0.2, 0.25) is 0 Å². The van der Waals surface area contributed by atoms with Gasteiger partial charge in [-0.3, -0.25) is 9.78 Å². The Morgan fingerprint density at radius 2 is 2.00 bits per heavy atom. The standard InChI is InChI=1S/C17H16FN5OS/c1-23-16(13-7-2-3-8-14(13)18)21-22-17(23)25-11-15(24)20-10-12-6-4-5-9-19-12/h2-9H,10-11H2,1H3,(H,20,24). The number of hydrogen-bond donors (Lipinski definition) is 1. The van der Waals surface area contributed by atoms with Gasteiger partial charge >= 0.3 is 0 Å². The molecule has 0 aliphatic rings. The van der Waals surface area contributed by atoms with Gasteiger partial charge in [-0.05, 0) is 24.3 Å². The van der Waals surface area contributed by atoms with E-state index in [2.05, 4.69) is 20.5 Å². The lowest BCUT2D eigenvalue weighted by atomic mass is 10.2. The first kappa shape index (κ1) is 17.1. The third-order valence-corrected chi connectivity index (χ3v) is 4.50. The number of nitrogens with one attached hydrogen (secondary N) is 1. The van der Waals surface area contributed by atoms with Crippen molar-refractivity contribution in [2.24, 2.45) is 7.05 Å². The molecule has 1 aromatic carbocycles. The number of carbonyl (C=O) groups excluding carboxylic acids is 1. The van der Waals surface area contributed by atoms with Gasteiger partial charge in [0.05, 0.1) is 23.6 Å². The van der Waals surface area contributed by atoms with E-state index in [0.717, 1.165) is 5.69 Å². The van der Waals surface area contributed by atoms with Crippen molar-refractivity contribution >= 4 is 17.7 Å². The number of benzene rings is 1. The van der Waals surface area contributed by atoms with Crippen molar-refractivity contribution in [3.05, 3.63) is 60.2 Å². The van der Waals surface area contributed by atoms with E-state index in [4.69, 9.17) is 0 Å². The van der Waals surface area contributed by atoms with Gasteiger partial charge in [-0.25, -0.2) is 4.39 Å². The summed E-state index contributed by atoms with van der Waals surface area (Å²) in [6.45, 7) is 0.375. The molecule has 1 amide bonds. The van der Waals surface area contributed by atoms with E-state index in [0.29, 0.717) is 23.1 Å². The smallest absolute Gasteiger partial charge is 0.230 e. The monoisotopic (exact) mass is 357 g/mol. The molecule has 2 aromatic heterocycles.